The lowest BCUT2D eigenvalue weighted by atomic mass is 10.0. The van der Waals surface area contributed by atoms with E-state index in [0.717, 1.165) is 5.56 Å². The number of nitrogens with zero attached hydrogens (tertiary/aromatic N) is 3. The Morgan fingerprint density at radius 1 is 1.32 bits per heavy atom. The van der Waals surface area contributed by atoms with E-state index >= 15 is 0 Å². The predicted octanol–water partition coefficient (Wildman–Crippen LogP) is 3.55. The highest BCUT2D eigenvalue weighted by molar-refractivity contribution is 7.89. The largest absolute Gasteiger partial charge is 0.339 e. The first-order valence-electron chi connectivity index (χ1n) is 7.58. The van der Waals surface area contributed by atoms with E-state index in [2.05, 4.69) is 10.1 Å². The number of hydrogen-bond acceptors (Lipinski definition) is 6. The molecule has 3 aromatic rings. The summed E-state index contributed by atoms with van der Waals surface area (Å²) in [5.74, 6) is 0.910. The molecule has 0 spiro atoms. The van der Waals surface area contributed by atoms with E-state index in [9.17, 15) is 8.42 Å². The smallest absolute Gasteiger partial charge is 0.243 e. The minimum absolute atomic E-state index is 0.0887. The van der Waals surface area contributed by atoms with Crippen molar-refractivity contribution in [2.45, 2.75) is 17.7 Å². The number of aromatic nitrogens is 2. The fraction of sp³-hybridized carbons (Fsp3) is 0.250. The molecule has 0 radical (unpaired) electrons. The third kappa shape index (κ3) is 2.89. The van der Waals surface area contributed by atoms with Gasteiger partial charge in [0.25, 0.3) is 0 Å². The molecule has 4 rings (SSSR count). The van der Waals surface area contributed by atoms with Crippen molar-refractivity contribution in [3.05, 3.63) is 51.5 Å². The van der Waals surface area contributed by atoms with Crippen molar-refractivity contribution in [1.29, 1.82) is 0 Å². The van der Waals surface area contributed by atoms with Gasteiger partial charge in [-0.15, -0.1) is 0 Å². The molecule has 0 unspecified atom stereocenters. The van der Waals surface area contributed by atoms with Gasteiger partial charge in [0.05, 0.1) is 10.8 Å². The Kier molecular flexibility index (Phi) is 4.15. The molecule has 25 heavy (non-hydrogen) atoms. The fourth-order valence-electron chi connectivity index (χ4n) is 2.71. The molecule has 1 fully saturated rings. The molecule has 0 aliphatic carbocycles. The van der Waals surface area contributed by atoms with Gasteiger partial charge < -0.3 is 4.52 Å². The summed E-state index contributed by atoms with van der Waals surface area (Å²) in [7, 11) is -3.57. The zero-order chi connectivity index (χ0) is 17.6. The minimum Gasteiger partial charge on any atom is -0.339 e. The van der Waals surface area contributed by atoms with Crippen LogP contribution in [0, 0.1) is 6.92 Å². The molecule has 3 heterocycles. The Balaban J connectivity index is 1.51. The number of benzene rings is 1. The van der Waals surface area contributed by atoms with Crippen LogP contribution in [0.4, 0.5) is 0 Å². The molecule has 1 aromatic carbocycles. The highest BCUT2D eigenvalue weighted by atomic mass is 35.5. The predicted molar refractivity (Wildman–Crippen MR) is 95.3 cm³/mol. The highest BCUT2D eigenvalue weighted by Gasteiger charge is 2.41. The molecule has 9 heteroatoms. The maximum absolute atomic E-state index is 12.8. The van der Waals surface area contributed by atoms with Gasteiger partial charge >= 0.3 is 0 Å². The normalized spacial score (nSPS) is 16.1. The van der Waals surface area contributed by atoms with Gasteiger partial charge in [0, 0.05) is 29.1 Å². The molecule has 0 atom stereocenters. The summed E-state index contributed by atoms with van der Waals surface area (Å²) in [6.45, 7) is 2.34. The van der Waals surface area contributed by atoms with Crippen LogP contribution < -0.4 is 0 Å². The molecule has 1 aliphatic heterocycles. The monoisotopic (exact) mass is 395 g/mol. The summed E-state index contributed by atoms with van der Waals surface area (Å²) in [4.78, 5) is 4.62. The molecular weight excluding hydrogens is 382 g/mol. The molecular formula is C16H14ClN3O3S2. The number of hydrogen-bond donors (Lipinski definition) is 0. The van der Waals surface area contributed by atoms with Crippen LogP contribution in [-0.4, -0.2) is 36.0 Å². The molecule has 2 aromatic heterocycles. The van der Waals surface area contributed by atoms with E-state index in [4.69, 9.17) is 16.1 Å². The summed E-state index contributed by atoms with van der Waals surface area (Å²) < 4.78 is 32.2. The van der Waals surface area contributed by atoms with E-state index < -0.39 is 10.0 Å². The Bertz CT molecular complexity index is 1010. The molecule has 0 saturated carbocycles. The Morgan fingerprint density at radius 2 is 2.12 bits per heavy atom. The highest BCUT2D eigenvalue weighted by Crippen LogP contribution is 2.34. The molecule has 0 amide bonds. The summed E-state index contributed by atoms with van der Waals surface area (Å²) in [5, 5.41) is 8.29. The van der Waals surface area contributed by atoms with E-state index in [1.165, 1.54) is 4.31 Å². The van der Waals surface area contributed by atoms with Gasteiger partial charge in [-0.2, -0.15) is 20.6 Å². The van der Waals surface area contributed by atoms with E-state index in [1.807, 2.05) is 16.8 Å². The number of rotatable bonds is 4. The van der Waals surface area contributed by atoms with Gasteiger partial charge in [-0.3, -0.25) is 0 Å². The van der Waals surface area contributed by atoms with Crippen LogP contribution >= 0.6 is 22.9 Å². The topological polar surface area (TPSA) is 76.3 Å². The third-order valence-corrected chi connectivity index (χ3v) is 7.32. The average Bonchev–Trinajstić information content (AvgIpc) is 3.18. The summed E-state index contributed by atoms with van der Waals surface area (Å²) >= 11 is 7.60. The van der Waals surface area contributed by atoms with Crippen LogP contribution in [0.15, 0.2) is 44.4 Å². The maximum Gasteiger partial charge on any atom is 0.243 e. The third-order valence-electron chi connectivity index (χ3n) is 4.25. The number of halogens is 1. The van der Waals surface area contributed by atoms with Crippen LogP contribution in [-0.2, 0) is 10.0 Å². The van der Waals surface area contributed by atoms with Crippen LogP contribution in [0.5, 0.6) is 0 Å². The summed E-state index contributed by atoms with van der Waals surface area (Å²) in [6, 6.07) is 6.81. The van der Waals surface area contributed by atoms with Gasteiger partial charge in [-0.05, 0) is 36.1 Å². The lowest BCUT2D eigenvalue weighted by Gasteiger charge is -2.36. The Labute approximate surface area is 154 Å². The standard InChI is InChI=1S/C16H14ClN3O3S2/c1-10-13(17)3-2-4-14(10)25(21,22)20-7-12(8-20)16-18-15(19-23-16)11-5-6-24-9-11/h2-6,9,12H,7-8H2,1H3. The summed E-state index contributed by atoms with van der Waals surface area (Å²) in [5.41, 5.74) is 1.46. The van der Waals surface area contributed by atoms with E-state index in [-0.39, 0.29) is 10.8 Å². The number of thiophene rings is 1. The molecule has 0 bridgehead atoms. The van der Waals surface area contributed by atoms with E-state index in [1.54, 1.807) is 36.5 Å². The lowest BCUT2D eigenvalue weighted by molar-refractivity contribution is 0.216. The first kappa shape index (κ1) is 16.7. The molecule has 0 N–H and O–H groups in total. The maximum atomic E-state index is 12.8. The average molecular weight is 396 g/mol. The Hall–Kier alpha value is -1.74. The van der Waals surface area contributed by atoms with Crippen molar-refractivity contribution >= 4 is 33.0 Å². The second kappa shape index (κ2) is 6.21. The molecule has 1 aliphatic rings. The SMILES string of the molecule is Cc1c(Cl)cccc1S(=O)(=O)N1CC(c2nc(-c3ccsc3)no2)C1. The van der Waals surface area contributed by atoms with Gasteiger partial charge in [0.2, 0.25) is 21.7 Å². The van der Waals surface area contributed by atoms with Gasteiger partial charge in [0.1, 0.15) is 0 Å². The first-order chi connectivity index (χ1) is 12.0. The van der Waals surface area contributed by atoms with Crippen molar-refractivity contribution in [1.82, 2.24) is 14.4 Å². The molecule has 1 saturated heterocycles. The zero-order valence-corrected chi connectivity index (χ0v) is 15.6. The van der Waals surface area contributed by atoms with E-state index in [0.29, 0.717) is 35.4 Å². The van der Waals surface area contributed by atoms with Gasteiger partial charge in [-0.25, -0.2) is 8.42 Å². The fourth-order valence-corrected chi connectivity index (χ4v) is 5.35. The quantitative estimate of drug-likeness (QED) is 0.675. The molecule has 130 valence electrons. The van der Waals surface area contributed by atoms with Gasteiger partial charge in [0.15, 0.2) is 0 Å². The second-order valence-electron chi connectivity index (χ2n) is 5.85. The Morgan fingerprint density at radius 3 is 2.84 bits per heavy atom. The van der Waals surface area contributed by atoms with Crippen LogP contribution in [0.1, 0.15) is 17.4 Å². The minimum atomic E-state index is -3.57. The molecule has 6 nitrogen and oxygen atoms in total. The summed E-state index contributed by atoms with van der Waals surface area (Å²) in [6.07, 6.45) is 0. The van der Waals surface area contributed by atoms with Crippen LogP contribution in [0.3, 0.4) is 0 Å². The van der Waals surface area contributed by atoms with Crippen molar-refractivity contribution in [2.24, 2.45) is 0 Å². The van der Waals surface area contributed by atoms with Gasteiger partial charge in [-0.1, -0.05) is 22.8 Å². The van der Waals surface area contributed by atoms with Crippen molar-refractivity contribution < 1.29 is 12.9 Å². The zero-order valence-electron chi connectivity index (χ0n) is 13.2. The second-order valence-corrected chi connectivity index (χ2v) is 8.94. The lowest BCUT2D eigenvalue weighted by Crippen LogP contribution is -2.48. The van der Waals surface area contributed by atoms with Crippen LogP contribution in [0.2, 0.25) is 5.02 Å². The first-order valence-corrected chi connectivity index (χ1v) is 10.3. The van der Waals surface area contributed by atoms with Crippen molar-refractivity contribution in [3.63, 3.8) is 0 Å². The van der Waals surface area contributed by atoms with Crippen molar-refractivity contribution in [2.75, 3.05) is 13.1 Å². The van der Waals surface area contributed by atoms with Crippen LogP contribution in [0.25, 0.3) is 11.4 Å². The van der Waals surface area contributed by atoms with Crippen molar-refractivity contribution in [3.8, 4) is 11.4 Å². The number of sulfonamides is 1.